The number of carbonyl (C=O) groups is 3. The Hall–Kier alpha value is -2.61. The average Bonchev–Trinajstić information content (AvgIpc) is 3.30. The summed E-state index contributed by atoms with van der Waals surface area (Å²) in [6.07, 6.45) is 14.5. The summed E-state index contributed by atoms with van der Waals surface area (Å²) in [5, 5.41) is 11.2. The molecule has 8 heteroatoms. The second-order valence-corrected chi connectivity index (χ2v) is 15.6. The minimum Gasteiger partial charge on any atom is -0.493 e. The van der Waals surface area contributed by atoms with Crippen molar-refractivity contribution in [3.8, 4) is 11.5 Å². The Morgan fingerprint density at radius 3 is 2.15 bits per heavy atom. The van der Waals surface area contributed by atoms with E-state index in [1.807, 2.05) is 6.07 Å². The highest BCUT2D eigenvalue weighted by molar-refractivity contribution is 5.79. The molecule has 1 unspecified atom stereocenters. The first-order chi connectivity index (χ1) is 22.0. The zero-order chi connectivity index (χ0) is 32.9. The summed E-state index contributed by atoms with van der Waals surface area (Å²) < 4.78 is 12.2. The molecule has 4 aliphatic carbocycles. The van der Waals surface area contributed by atoms with E-state index in [9.17, 15) is 19.5 Å². The molecule has 0 radical (unpaired) electrons. The summed E-state index contributed by atoms with van der Waals surface area (Å²) in [4.78, 5) is 34.7. The largest absolute Gasteiger partial charge is 0.493 e. The summed E-state index contributed by atoms with van der Waals surface area (Å²) in [5.74, 6) is 4.32. The monoisotopic (exact) mass is 638 g/mol. The van der Waals surface area contributed by atoms with E-state index < -0.39 is 0 Å². The fourth-order valence-electron chi connectivity index (χ4n) is 10.4. The van der Waals surface area contributed by atoms with Crippen molar-refractivity contribution in [3.05, 3.63) is 23.8 Å². The maximum atomic E-state index is 12.5. The van der Waals surface area contributed by atoms with Crippen LogP contribution in [0, 0.1) is 40.4 Å². The lowest BCUT2D eigenvalue weighted by atomic mass is 9.42. The van der Waals surface area contributed by atoms with Gasteiger partial charge in [-0.15, -0.1) is 0 Å². The van der Waals surface area contributed by atoms with E-state index in [1.165, 1.54) is 18.4 Å². The maximum absolute atomic E-state index is 12.5. The number of ketones is 1. The predicted octanol–water partition coefficient (Wildman–Crippen LogP) is 6.28. The van der Waals surface area contributed by atoms with Crippen LogP contribution in [-0.4, -0.2) is 42.0 Å². The Bertz CT molecular complexity index is 1190. The lowest BCUT2D eigenvalue weighted by Gasteiger charge is -2.62. The number of hydrogen-bond donors (Lipinski definition) is 3. The van der Waals surface area contributed by atoms with Crippen molar-refractivity contribution in [2.45, 2.75) is 129 Å². The zero-order valence-electron chi connectivity index (χ0n) is 28.3. The van der Waals surface area contributed by atoms with E-state index in [-0.39, 0.29) is 28.7 Å². The molecule has 2 amide bonds. The molecule has 0 aromatic heterocycles. The molecule has 4 fully saturated rings. The van der Waals surface area contributed by atoms with Gasteiger partial charge in [-0.3, -0.25) is 14.4 Å². The molecule has 0 bridgehead atoms. The number of aliphatic hydroxyl groups excluding tert-OH is 1. The second-order valence-electron chi connectivity index (χ2n) is 15.6. The van der Waals surface area contributed by atoms with Gasteiger partial charge in [0.05, 0.1) is 19.3 Å². The second kappa shape index (κ2) is 15.1. The van der Waals surface area contributed by atoms with Crippen molar-refractivity contribution in [1.29, 1.82) is 0 Å². The number of aliphatic hydroxyl groups is 1. The number of amides is 2. The summed E-state index contributed by atoms with van der Waals surface area (Å²) in [6, 6.07) is 6.15. The molecule has 46 heavy (non-hydrogen) atoms. The Morgan fingerprint density at radius 2 is 1.52 bits per heavy atom. The van der Waals surface area contributed by atoms with Crippen LogP contribution < -0.4 is 20.9 Å². The van der Waals surface area contributed by atoms with Crippen molar-refractivity contribution >= 4 is 17.6 Å². The van der Waals surface area contributed by atoms with Crippen LogP contribution in [0.25, 0.3) is 0 Å². The first-order valence-electron chi connectivity index (χ1n) is 18.2. The van der Waals surface area contributed by atoms with Gasteiger partial charge in [0, 0.05) is 31.7 Å². The fourth-order valence-corrected chi connectivity index (χ4v) is 10.4. The molecule has 8 nitrogen and oxygen atoms in total. The molecule has 1 aromatic rings. The van der Waals surface area contributed by atoms with Crippen molar-refractivity contribution in [3.63, 3.8) is 0 Å². The summed E-state index contributed by atoms with van der Waals surface area (Å²) in [5.41, 5.74) is 12.0. The summed E-state index contributed by atoms with van der Waals surface area (Å²) >= 11 is 0. The third kappa shape index (κ3) is 7.91. The number of benzene rings is 1. The van der Waals surface area contributed by atoms with E-state index in [0.717, 1.165) is 82.1 Å². The Labute approximate surface area is 275 Å². The lowest BCUT2D eigenvalue weighted by Crippen LogP contribution is -2.57. The highest BCUT2D eigenvalue weighted by Crippen LogP contribution is 2.68. The van der Waals surface area contributed by atoms with Gasteiger partial charge < -0.3 is 26.0 Å². The van der Waals surface area contributed by atoms with Crippen LogP contribution in [0.5, 0.6) is 11.5 Å². The van der Waals surface area contributed by atoms with Gasteiger partial charge >= 0.3 is 0 Å². The molecule has 5 N–H and O–H groups in total. The van der Waals surface area contributed by atoms with Crippen LogP contribution in [-0.2, 0) is 20.8 Å². The number of aryl methyl sites for hydroxylation is 1. The number of fused-ring (bicyclic) bond motifs is 5. The van der Waals surface area contributed by atoms with Crippen molar-refractivity contribution in [2.24, 2.45) is 51.9 Å². The van der Waals surface area contributed by atoms with Gasteiger partial charge in [0.1, 0.15) is 17.3 Å². The number of hydrogen-bond acceptors (Lipinski definition) is 6. The molecule has 8 atom stereocenters. The van der Waals surface area contributed by atoms with Crippen LogP contribution in [0.4, 0.5) is 0 Å². The van der Waals surface area contributed by atoms with Crippen LogP contribution in [0.15, 0.2) is 18.2 Å². The van der Waals surface area contributed by atoms with E-state index in [1.54, 1.807) is 0 Å². The topological polar surface area (TPSA) is 142 Å². The van der Waals surface area contributed by atoms with Gasteiger partial charge in [0.2, 0.25) is 11.8 Å². The van der Waals surface area contributed by atoms with Gasteiger partial charge in [0.15, 0.2) is 0 Å². The normalized spacial score (nSPS) is 33.5. The molecular weight excluding hydrogens is 580 g/mol. The molecule has 4 saturated carbocycles. The molecular formula is C38H58N2O6. The number of rotatable bonds is 16. The van der Waals surface area contributed by atoms with Crippen molar-refractivity contribution in [1.82, 2.24) is 0 Å². The van der Waals surface area contributed by atoms with Crippen LogP contribution in [0.1, 0.15) is 122 Å². The lowest BCUT2D eigenvalue weighted by molar-refractivity contribution is -0.159. The molecule has 0 aliphatic heterocycles. The molecule has 1 aromatic carbocycles. The van der Waals surface area contributed by atoms with Crippen LogP contribution in [0.2, 0.25) is 0 Å². The number of nitrogens with two attached hydrogens (primary N) is 2. The minimum absolute atomic E-state index is 0.00267. The Kier molecular flexibility index (Phi) is 11.4. The zero-order valence-corrected chi connectivity index (χ0v) is 28.3. The van der Waals surface area contributed by atoms with E-state index in [2.05, 4.69) is 26.0 Å². The van der Waals surface area contributed by atoms with Crippen LogP contribution in [0.3, 0.4) is 0 Å². The van der Waals surface area contributed by atoms with Gasteiger partial charge in [-0.05, 0) is 142 Å². The Morgan fingerprint density at radius 1 is 0.870 bits per heavy atom. The van der Waals surface area contributed by atoms with E-state index in [4.69, 9.17) is 20.9 Å². The molecule has 0 heterocycles. The molecule has 0 saturated heterocycles. The number of unbranched alkanes of at least 4 members (excludes halogenated alkanes) is 2. The number of ether oxygens (including phenoxy) is 2. The number of Topliss-reactive ketones (excluding diaryl/α,β-unsaturated/α-hetero) is 1. The first-order valence-corrected chi connectivity index (χ1v) is 18.2. The van der Waals surface area contributed by atoms with Gasteiger partial charge in [-0.1, -0.05) is 13.8 Å². The number of carbonyl (C=O) groups excluding carboxylic acids is 3. The summed E-state index contributed by atoms with van der Waals surface area (Å²) in [6.45, 7) is 5.89. The van der Waals surface area contributed by atoms with Crippen LogP contribution >= 0.6 is 0 Å². The Balaban J connectivity index is 1.27. The van der Waals surface area contributed by atoms with E-state index >= 15 is 0 Å². The van der Waals surface area contributed by atoms with E-state index in [0.29, 0.717) is 74.3 Å². The third-order valence-corrected chi connectivity index (χ3v) is 12.7. The molecule has 5 rings (SSSR count). The average molecular weight is 639 g/mol. The SMILES string of the molecule is C[C@]12C[C@H](CCCc3cc(OCCCCC(N)=O)cc(OCCCCC(N)=O)c3)[C@H]3[C@@H](CCC4CC(=O)CC[C@@]43C)[C@@H]1CC[C@@H]2O. The highest BCUT2D eigenvalue weighted by Gasteiger charge is 2.62. The molecule has 4 aliphatic rings. The minimum atomic E-state index is -0.292. The predicted molar refractivity (Wildman–Crippen MR) is 178 cm³/mol. The maximum Gasteiger partial charge on any atom is 0.217 e. The quantitative estimate of drug-likeness (QED) is 0.182. The molecule has 0 spiro atoms. The van der Waals surface area contributed by atoms with Crippen molar-refractivity contribution < 1.29 is 29.0 Å². The standard InChI is InChI=1S/C38H58N2O6/c1-37-17-16-28(41)22-27(37)12-13-31-32-14-15-33(42)38(32,2)24-26(36(31)37)9-7-8-25-20-29(45-18-5-3-10-34(39)43)23-30(21-25)46-19-6-4-11-35(40)44/h20-21,23,26-27,31-33,36,42H,3-19,22,24H2,1-2H3,(H2,39,43)(H2,40,44)/t26-,27?,31-,32-,33-,36-,37-,38-/m0/s1. The smallest absolute Gasteiger partial charge is 0.217 e. The van der Waals surface area contributed by atoms with Gasteiger partial charge in [-0.2, -0.15) is 0 Å². The molecule has 256 valence electrons. The van der Waals surface area contributed by atoms with Gasteiger partial charge in [0.25, 0.3) is 0 Å². The number of primary amides is 2. The highest BCUT2D eigenvalue weighted by atomic mass is 16.5. The fraction of sp³-hybridized carbons (Fsp3) is 0.763. The third-order valence-electron chi connectivity index (χ3n) is 12.7. The summed E-state index contributed by atoms with van der Waals surface area (Å²) in [7, 11) is 0. The van der Waals surface area contributed by atoms with Gasteiger partial charge in [-0.25, -0.2) is 0 Å². The first kappa shape index (κ1) is 34.7. The van der Waals surface area contributed by atoms with Crippen molar-refractivity contribution in [2.75, 3.05) is 13.2 Å².